The number of carbonyl (C=O) groups is 1. The summed E-state index contributed by atoms with van der Waals surface area (Å²) in [6.45, 7) is -0.285. The van der Waals surface area contributed by atoms with E-state index in [0.717, 1.165) is 0 Å². The highest BCUT2D eigenvalue weighted by molar-refractivity contribution is 5.87. The first kappa shape index (κ1) is 13.7. The van der Waals surface area contributed by atoms with Crippen molar-refractivity contribution >= 4 is 27.9 Å². The zero-order chi connectivity index (χ0) is 15.7. The van der Waals surface area contributed by atoms with Gasteiger partial charge in [0, 0.05) is 0 Å². The fraction of sp³-hybridized carbons (Fsp3) is 0.154. The van der Waals surface area contributed by atoms with Crippen molar-refractivity contribution in [2.75, 3.05) is 13.7 Å². The molecule has 22 heavy (non-hydrogen) atoms. The van der Waals surface area contributed by atoms with E-state index in [0.29, 0.717) is 11.3 Å². The molecule has 2 heterocycles. The van der Waals surface area contributed by atoms with Crippen molar-refractivity contribution in [1.29, 1.82) is 0 Å². The number of fused-ring (bicyclic) bond motifs is 2. The van der Waals surface area contributed by atoms with E-state index in [9.17, 15) is 14.4 Å². The van der Waals surface area contributed by atoms with Crippen LogP contribution in [0.15, 0.2) is 27.8 Å². The van der Waals surface area contributed by atoms with Crippen molar-refractivity contribution < 1.29 is 14.3 Å². The molecule has 0 radical (unpaired) electrons. The molecule has 0 aliphatic heterocycles. The van der Waals surface area contributed by atoms with Crippen LogP contribution < -0.4 is 15.7 Å². The first-order valence-corrected chi connectivity index (χ1v) is 6.21. The Kier molecular flexibility index (Phi) is 3.30. The number of hydrogen-bond donors (Lipinski definition) is 2. The van der Waals surface area contributed by atoms with Crippen molar-refractivity contribution in [3.63, 3.8) is 0 Å². The van der Waals surface area contributed by atoms with Gasteiger partial charge in [-0.15, -0.1) is 5.10 Å². The second-order valence-corrected chi connectivity index (χ2v) is 4.39. The number of aromatic amines is 2. The largest absolute Gasteiger partial charge is 0.482 e. The van der Waals surface area contributed by atoms with Crippen molar-refractivity contribution in [3.05, 3.63) is 38.8 Å². The van der Waals surface area contributed by atoms with Crippen LogP contribution in [0.25, 0.3) is 21.9 Å². The molecule has 0 unspecified atom stereocenters. The Bertz CT molecular complexity index is 991. The van der Waals surface area contributed by atoms with Gasteiger partial charge in [-0.25, -0.2) is 4.79 Å². The molecule has 2 aromatic heterocycles. The van der Waals surface area contributed by atoms with Gasteiger partial charge in [0.25, 0.3) is 5.56 Å². The summed E-state index contributed by atoms with van der Waals surface area (Å²) in [5.74, 6) is -0.253. The molecule has 3 aromatic rings. The maximum Gasteiger partial charge on any atom is 0.343 e. The molecule has 0 saturated heterocycles. The van der Waals surface area contributed by atoms with Gasteiger partial charge >= 0.3 is 5.97 Å². The molecule has 0 aliphatic carbocycles. The number of benzene rings is 1. The number of aromatic nitrogens is 4. The Morgan fingerprint density at radius 1 is 1.32 bits per heavy atom. The van der Waals surface area contributed by atoms with Gasteiger partial charge in [0.1, 0.15) is 11.3 Å². The quantitative estimate of drug-likeness (QED) is 0.636. The number of nitrogens with zero attached hydrogens (tertiary/aromatic N) is 2. The molecular weight excluding hydrogens is 292 g/mol. The molecule has 112 valence electrons. The molecule has 1 aromatic carbocycles. The van der Waals surface area contributed by atoms with Gasteiger partial charge in [-0.3, -0.25) is 14.7 Å². The molecular formula is C13H10N4O5. The zero-order valence-corrected chi connectivity index (χ0v) is 11.4. The number of H-pyrrole nitrogens is 2. The summed E-state index contributed by atoms with van der Waals surface area (Å²) in [5.41, 5.74) is -0.720. The summed E-state index contributed by atoms with van der Waals surface area (Å²) < 4.78 is 9.70. The summed E-state index contributed by atoms with van der Waals surface area (Å²) in [4.78, 5) is 38.0. The fourth-order valence-electron chi connectivity index (χ4n) is 1.97. The van der Waals surface area contributed by atoms with Crippen LogP contribution in [0.4, 0.5) is 0 Å². The van der Waals surface area contributed by atoms with E-state index in [1.807, 2.05) is 0 Å². The number of ether oxygens (including phenoxy) is 2. The van der Waals surface area contributed by atoms with Gasteiger partial charge in [0.2, 0.25) is 5.43 Å². The van der Waals surface area contributed by atoms with Crippen LogP contribution in [0.1, 0.15) is 0 Å². The lowest BCUT2D eigenvalue weighted by molar-refractivity contribution is -0.142. The van der Waals surface area contributed by atoms with E-state index < -0.39 is 17.0 Å². The highest BCUT2D eigenvalue weighted by atomic mass is 16.6. The van der Waals surface area contributed by atoms with E-state index in [1.54, 1.807) is 0 Å². The average Bonchev–Trinajstić information content (AvgIpc) is 2.99. The lowest BCUT2D eigenvalue weighted by atomic mass is 10.2. The summed E-state index contributed by atoms with van der Waals surface area (Å²) in [6.07, 6.45) is 0. The average molecular weight is 302 g/mol. The van der Waals surface area contributed by atoms with Gasteiger partial charge < -0.3 is 14.5 Å². The minimum atomic E-state index is -0.547. The fourth-order valence-corrected chi connectivity index (χ4v) is 1.97. The summed E-state index contributed by atoms with van der Waals surface area (Å²) in [5, 5.41) is 9.68. The van der Waals surface area contributed by atoms with Gasteiger partial charge in [-0.1, -0.05) is 5.21 Å². The van der Waals surface area contributed by atoms with Crippen LogP contribution in [0.2, 0.25) is 0 Å². The number of nitrogens with one attached hydrogen (secondary N) is 2. The van der Waals surface area contributed by atoms with Crippen molar-refractivity contribution in [2.24, 2.45) is 0 Å². The van der Waals surface area contributed by atoms with Crippen LogP contribution in [0.3, 0.4) is 0 Å². The summed E-state index contributed by atoms with van der Waals surface area (Å²) in [6, 6.07) is 4.47. The second kappa shape index (κ2) is 5.28. The third kappa shape index (κ3) is 2.28. The van der Waals surface area contributed by atoms with E-state index in [1.165, 1.54) is 25.3 Å². The van der Waals surface area contributed by atoms with E-state index in [4.69, 9.17) is 4.74 Å². The Morgan fingerprint density at radius 3 is 2.91 bits per heavy atom. The molecule has 0 spiro atoms. The van der Waals surface area contributed by atoms with E-state index in [-0.39, 0.29) is 23.0 Å². The van der Waals surface area contributed by atoms with E-state index in [2.05, 4.69) is 25.1 Å². The third-order valence-electron chi connectivity index (χ3n) is 3.06. The molecule has 0 aliphatic rings. The number of rotatable bonds is 3. The van der Waals surface area contributed by atoms with Crippen LogP contribution in [-0.2, 0) is 9.53 Å². The first-order valence-electron chi connectivity index (χ1n) is 6.21. The standard InChI is InChI=1S/C13H10N4O5/c1-21-9(18)5-22-6-2-3-8-7(4-6)12(19)10-11(13(20)14-8)16-17-15-10/h2-4H,5H2,1H3,(H,14,20)(H,15,16,17). The van der Waals surface area contributed by atoms with Gasteiger partial charge in [0.15, 0.2) is 12.1 Å². The van der Waals surface area contributed by atoms with Gasteiger partial charge in [-0.2, -0.15) is 0 Å². The maximum atomic E-state index is 12.4. The number of esters is 1. The molecule has 0 saturated carbocycles. The maximum absolute atomic E-state index is 12.4. The van der Waals surface area contributed by atoms with Crippen molar-refractivity contribution in [2.45, 2.75) is 0 Å². The Labute approximate surface area is 121 Å². The lowest BCUT2D eigenvalue weighted by Crippen LogP contribution is -2.12. The summed E-state index contributed by atoms with van der Waals surface area (Å²) in [7, 11) is 1.24. The lowest BCUT2D eigenvalue weighted by Gasteiger charge is -2.04. The molecule has 0 amide bonds. The molecule has 9 heteroatoms. The van der Waals surface area contributed by atoms with Crippen molar-refractivity contribution in [1.82, 2.24) is 20.4 Å². The van der Waals surface area contributed by atoms with Crippen molar-refractivity contribution in [3.8, 4) is 5.75 Å². The third-order valence-corrected chi connectivity index (χ3v) is 3.06. The van der Waals surface area contributed by atoms with Gasteiger partial charge in [0.05, 0.1) is 18.0 Å². The van der Waals surface area contributed by atoms with Crippen LogP contribution >= 0.6 is 0 Å². The number of carbonyl (C=O) groups excluding carboxylic acids is 1. The predicted octanol–water partition coefficient (Wildman–Crippen LogP) is -0.289. The number of hydrogen-bond acceptors (Lipinski definition) is 7. The molecule has 0 bridgehead atoms. The van der Waals surface area contributed by atoms with Gasteiger partial charge in [-0.05, 0) is 18.2 Å². The van der Waals surface area contributed by atoms with E-state index >= 15 is 0 Å². The smallest absolute Gasteiger partial charge is 0.343 e. The summed E-state index contributed by atoms with van der Waals surface area (Å²) >= 11 is 0. The predicted molar refractivity (Wildman–Crippen MR) is 75.8 cm³/mol. The topological polar surface area (TPSA) is 127 Å². The Hall–Kier alpha value is -3.23. The number of methoxy groups -OCH3 is 1. The SMILES string of the molecule is COC(=O)COc1ccc2[nH]c(=O)c3nn[nH]c3c(=O)c2c1. The molecule has 0 fully saturated rings. The second-order valence-electron chi connectivity index (χ2n) is 4.39. The molecule has 9 nitrogen and oxygen atoms in total. The van der Waals surface area contributed by atoms with Crippen LogP contribution in [-0.4, -0.2) is 40.1 Å². The Balaban J connectivity index is 2.19. The highest BCUT2D eigenvalue weighted by Crippen LogP contribution is 2.16. The first-order chi connectivity index (χ1) is 10.6. The Morgan fingerprint density at radius 2 is 2.14 bits per heavy atom. The molecule has 3 rings (SSSR count). The normalized spacial score (nSPS) is 10.8. The minimum absolute atomic E-state index is 0.00127. The molecule has 2 N–H and O–H groups in total. The minimum Gasteiger partial charge on any atom is -0.482 e. The van der Waals surface area contributed by atoms with Crippen LogP contribution in [0, 0.1) is 0 Å². The highest BCUT2D eigenvalue weighted by Gasteiger charge is 2.10. The van der Waals surface area contributed by atoms with Crippen LogP contribution in [0.5, 0.6) is 5.75 Å². The zero-order valence-electron chi connectivity index (χ0n) is 11.4. The monoisotopic (exact) mass is 302 g/mol. The molecule has 0 atom stereocenters.